The molecule has 0 unspecified atom stereocenters. The van der Waals surface area contributed by atoms with Crippen molar-refractivity contribution in [2.45, 2.75) is 44.1 Å². The monoisotopic (exact) mass is 226 g/mol. The van der Waals surface area contributed by atoms with Gasteiger partial charge in [0.2, 0.25) is 5.91 Å². The van der Waals surface area contributed by atoms with Crippen molar-refractivity contribution >= 4 is 5.91 Å². The Kier molecular flexibility index (Phi) is 3.82. The van der Waals surface area contributed by atoms with E-state index in [9.17, 15) is 9.90 Å². The summed E-state index contributed by atoms with van der Waals surface area (Å²) in [6, 6.07) is 0. The fourth-order valence-corrected chi connectivity index (χ4v) is 2.44. The van der Waals surface area contributed by atoms with Gasteiger partial charge in [0.15, 0.2) is 0 Å². The maximum Gasteiger partial charge on any atom is 0.220 e. The van der Waals surface area contributed by atoms with Gasteiger partial charge in [-0.05, 0) is 51.1 Å². The number of amides is 1. The molecule has 0 spiro atoms. The van der Waals surface area contributed by atoms with Gasteiger partial charge in [0, 0.05) is 13.0 Å². The van der Waals surface area contributed by atoms with E-state index in [-0.39, 0.29) is 5.91 Å². The van der Waals surface area contributed by atoms with Crippen LogP contribution in [0.5, 0.6) is 0 Å². The largest absolute Gasteiger partial charge is 0.388 e. The topological polar surface area (TPSA) is 61.4 Å². The smallest absolute Gasteiger partial charge is 0.220 e. The number of hydrogen-bond donors (Lipinski definition) is 3. The lowest BCUT2D eigenvalue weighted by atomic mass is 9.80. The highest BCUT2D eigenvalue weighted by Crippen LogP contribution is 2.30. The average Bonchev–Trinajstić information content (AvgIpc) is 2.25. The maximum absolute atomic E-state index is 11.7. The summed E-state index contributed by atoms with van der Waals surface area (Å²) in [4.78, 5) is 11.7. The van der Waals surface area contributed by atoms with Gasteiger partial charge >= 0.3 is 0 Å². The highest BCUT2D eigenvalue weighted by Gasteiger charge is 2.34. The predicted molar refractivity (Wildman–Crippen MR) is 62.0 cm³/mol. The van der Waals surface area contributed by atoms with Gasteiger partial charge < -0.3 is 15.7 Å². The number of aliphatic hydroxyl groups is 1. The summed E-state index contributed by atoms with van der Waals surface area (Å²) < 4.78 is 0. The van der Waals surface area contributed by atoms with Gasteiger partial charge in [0.05, 0.1) is 5.60 Å². The van der Waals surface area contributed by atoms with E-state index in [2.05, 4.69) is 10.6 Å². The Morgan fingerprint density at radius 2 is 2.06 bits per heavy atom. The molecule has 16 heavy (non-hydrogen) atoms. The molecule has 0 atom stereocenters. The molecule has 2 rings (SSSR count). The Morgan fingerprint density at radius 1 is 1.38 bits per heavy atom. The zero-order valence-corrected chi connectivity index (χ0v) is 9.80. The van der Waals surface area contributed by atoms with E-state index in [0.717, 1.165) is 45.2 Å². The van der Waals surface area contributed by atoms with Gasteiger partial charge in [-0.1, -0.05) is 0 Å². The van der Waals surface area contributed by atoms with E-state index >= 15 is 0 Å². The second kappa shape index (κ2) is 5.15. The molecule has 1 saturated heterocycles. The molecule has 3 N–H and O–H groups in total. The van der Waals surface area contributed by atoms with Gasteiger partial charge in [0.25, 0.3) is 0 Å². The molecule has 2 fully saturated rings. The molecular weight excluding hydrogens is 204 g/mol. The first-order chi connectivity index (χ1) is 7.68. The minimum atomic E-state index is -0.593. The second-order valence-corrected chi connectivity index (χ2v) is 5.25. The van der Waals surface area contributed by atoms with Crippen molar-refractivity contribution in [2.24, 2.45) is 5.92 Å². The summed E-state index contributed by atoms with van der Waals surface area (Å²) in [6.07, 6.45) is 5.56. The van der Waals surface area contributed by atoms with Crippen molar-refractivity contribution in [1.29, 1.82) is 0 Å². The van der Waals surface area contributed by atoms with Crippen LogP contribution in [-0.4, -0.2) is 36.2 Å². The van der Waals surface area contributed by atoms with Crippen molar-refractivity contribution in [1.82, 2.24) is 10.6 Å². The SMILES string of the molecule is O=C(CC1CCNCC1)NCC1(O)CCC1. The zero-order chi connectivity index (χ0) is 11.4. The molecule has 0 aromatic rings. The number of piperidine rings is 1. The highest BCUT2D eigenvalue weighted by molar-refractivity contribution is 5.76. The molecular formula is C12H22N2O2. The number of hydrogen-bond acceptors (Lipinski definition) is 3. The van der Waals surface area contributed by atoms with Crippen molar-refractivity contribution < 1.29 is 9.90 Å². The highest BCUT2D eigenvalue weighted by atomic mass is 16.3. The summed E-state index contributed by atoms with van der Waals surface area (Å²) in [5.41, 5.74) is -0.593. The Labute approximate surface area is 96.8 Å². The minimum absolute atomic E-state index is 0.104. The van der Waals surface area contributed by atoms with Crippen molar-refractivity contribution in [3.63, 3.8) is 0 Å². The Bertz CT molecular complexity index is 245. The van der Waals surface area contributed by atoms with E-state index in [1.807, 2.05) is 0 Å². The summed E-state index contributed by atoms with van der Waals surface area (Å²) in [7, 11) is 0. The fraction of sp³-hybridized carbons (Fsp3) is 0.917. The lowest BCUT2D eigenvalue weighted by molar-refractivity contribution is -0.124. The maximum atomic E-state index is 11.7. The molecule has 1 saturated carbocycles. The zero-order valence-electron chi connectivity index (χ0n) is 9.80. The Morgan fingerprint density at radius 3 is 2.62 bits per heavy atom. The van der Waals surface area contributed by atoms with E-state index in [4.69, 9.17) is 0 Å². The van der Waals surface area contributed by atoms with Crippen LogP contribution in [0.3, 0.4) is 0 Å². The molecule has 0 aromatic carbocycles. The number of nitrogens with one attached hydrogen (secondary N) is 2. The molecule has 1 amide bonds. The number of rotatable bonds is 4. The van der Waals surface area contributed by atoms with Crippen molar-refractivity contribution in [3.8, 4) is 0 Å². The third kappa shape index (κ3) is 3.19. The van der Waals surface area contributed by atoms with Crippen LogP contribution in [0.25, 0.3) is 0 Å². The summed E-state index contributed by atoms with van der Waals surface area (Å²) >= 11 is 0. The molecule has 0 radical (unpaired) electrons. The molecule has 1 aliphatic heterocycles. The standard InChI is InChI=1S/C12H22N2O2/c15-11(8-10-2-6-13-7-3-10)14-9-12(16)4-1-5-12/h10,13,16H,1-9H2,(H,14,15). The van der Waals surface area contributed by atoms with Gasteiger partial charge in [-0.25, -0.2) is 0 Å². The summed E-state index contributed by atoms with van der Waals surface area (Å²) in [5, 5.41) is 16.0. The van der Waals surface area contributed by atoms with E-state index in [0.29, 0.717) is 18.9 Å². The van der Waals surface area contributed by atoms with Crippen LogP contribution in [0.15, 0.2) is 0 Å². The van der Waals surface area contributed by atoms with Crippen LogP contribution in [0.2, 0.25) is 0 Å². The van der Waals surface area contributed by atoms with E-state index in [1.54, 1.807) is 0 Å². The van der Waals surface area contributed by atoms with Crippen LogP contribution in [0, 0.1) is 5.92 Å². The fourth-order valence-electron chi connectivity index (χ4n) is 2.44. The van der Waals surface area contributed by atoms with Crippen LogP contribution in [0.1, 0.15) is 38.5 Å². The quantitative estimate of drug-likeness (QED) is 0.650. The molecule has 0 bridgehead atoms. The predicted octanol–water partition coefficient (Wildman–Crippen LogP) is 0.407. The Balaban J connectivity index is 1.63. The molecule has 92 valence electrons. The molecule has 0 aromatic heterocycles. The van der Waals surface area contributed by atoms with Gasteiger partial charge in [-0.15, -0.1) is 0 Å². The van der Waals surface area contributed by atoms with Gasteiger partial charge in [0.1, 0.15) is 0 Å². The number of carbonyl (C=O) groups excluding carboxylic acids is 1. The van der Waals surface area contributed by atoms with E-state index < -0.39 is 5.60 Å². The first kappa shape index (κ1) is 11.9. The third-order valence-corrected chi connectivity index (χ3v) is 3.83. The summed E-state index contributed by atoms with van der Waals surface area (Å²) in [6.45, 7) is 2.50. The number of carbonyl (C=O) groups is 1. The average molecular weight is 226 g/mol. The van der Waals surface area contributed by atoms with Crippen LogP contribution >= 0.6 is 0 Å². The van der Waals surface area contributed by atoms with Crippen LogP contribution < -0.4 is 10.6 Å². The van der Waals surface area contributed by atoms with Crippen LogP contribution in [0.4, 0.5) is 0 Å². The lowest BCUT2D eigenvalue weighted by Gasteiger charge is -2.36. The lowest BCUT2D eigenvalue weighted by Crippen LogP contribution is -2.48. The molecule has 4 nitrogen and oxygen atoms in total. The summed E-state index contributed by atoms with van der Waals surface area (Å²) in [5.74, 6) is 0.629. The minimum Gasteiger partial charge on any atom is -0.388 e. The van der Waals surface area contributed by atoms with Crippen molar-refractivity contribution in [2.75, 3.05) is 19.6 Å². The van der Waals surface area contributed by atoms with Crippen LogP contribution in [-0.2, 0) is 4.79 Å². The second-order valence-electron chi connectivity index (χ2n) is 5.25. The molecule has 1 aliphatic carbocycles. The molecule has 2 aliphatic rings. The van der Waals surface area contributed by atoms with Gasteiger partial charge in [-0.3, -0.25) is 4.79 Å². The molecule has 1 heterocycles. The van der Waals surface area contributed by atoms with E-state index in [1.165, 1.54) is 0 Å². The first-order valence-electron chi connectivity index (χ1n) is 6.38. The first-order valence-corrected chi connectivity index (χ1v) is 6.38. The molecule has 4 heteroatoms. The van der Waals surface area contributed by atoms with Crippen molar-refractivity contribution in [3.05, 3.63) is 0 Å². The third-order valence-electron chi connectivity index (χ3n) is 3.83. The van der Waals surface area contributed by atoms with Gasteiger partial charge in [-0.2, -0.15) is 0 Å². The normalized spacial score (nSPS) is 24.8. The Hall–Kier alpha value is -0.610.